The molecule has 0 N–H and O–H groups in total. The Balaban J connectivity index is 1.90. The summed E-state index contributed by atoms with van der Waals surface area (Å²) in [6, 6.07) is 14.0. The molecule has 1 aliphatic rings. The Bertz CT molecular complexity index is 697. The van der Waals surface area contributed by atoms with E-state index in [1.165, 1.54) is 11.1 Å². The van der Waals surface area contributed by atoms with Crippen LogP contribution in [-0.2, 0) is 17.4 Å². The van der Waals surface area contributed by atoms with Gasteiger partial charge in [-0.1, -0.05) is 37.6 Å². The van der Waals surface area contributed by atoms with Crippen LogP contribution in [0.25, 0.3) is 0 Å². The zero-order valence-corrected chi connectivity index (χ0v) is 14.5. The van der Waals surface area contributed by atoms with Crippen LogP contribution in [0.1, 0.15) is 37.3 Å². The molecule has 2 aromatic rings. The molecular weight excluding hydrogens is 314 g/mol. The molecule has 1 atom stereocenters. The maximum atomic E-state index is 12.9. The summed E-state index contributed by atoms with van der Waals surface area (Å²) in [6.45, 7) is 5.14. The van der Waals surface area contributed by atoms with Gasteiger partial charge in [-0.2, -0.15) is 0 Å². The standard InChI is InChI=1S/C18H20ClNOS/c1-13(2)14-5-8-17(9-6-14)22(21)20-11-3-4-15-12-16(19)7-10-18(15)20/h5-10,12-13H,3-4,11H2,1-2H3. The fourth-order valence-corrected chi connectivity index (χ4v) is 4.27. The van der Waals surface area contributed by atoms with Gasteiger partial charge in [0.2, 0.25) is 0 Å². The minimum absolute atomic E-state index is 0.486. The van der Waals surface area contributed by atoms with Crippen LogP contribution in [0, 0.1) is 0 Å². The van der Waals surface area contributed by atoms with Crippen LogP contribution < -0.4 is 4.31 Å². The predicted octanol–water partition coefficient (Wildman–Crippen LogP) is 4.94. The van der Waals surface area contributed by atoms with Crippen LogP contribution in [0.4, 0.5) is 5.69 Å². The molecule has 4 heteroatoms. The molecule has 3 rings (SSSR count). The highest BCUT2D eigenvalue weighted by Crippen LogP contribution is 2.32. The molecule has 22 heavy (non-hydrogen) atoms. The summed E-state index contributed by atoms with van der Waals surface area (Å²) in [6.07, 6.45) is 2.00. The summed E-state index contributed by atoms with van der Waals surface area (Å²) in [5.74, 6) is 0.486. The van der Waals surface area contributed by atoms with E-state index >= 15 is 0 Å². The van der Waals surface area contributed by atoms with Crippen molar-refractivity contribution in [3.8, 4) is 0 Å². The number of fused-ring (bicyclic) bond motifs is 1. The Morgan fingerprint density at radius 3 is 2.55 bits per heavy atom. The van der Waals surface area contributed by atoms with Crippen molar-refractivity contribution in [1.82, 2.24) is 0 Å². The molecule has 0 aromatic heterocycles. The molecule has 0 saturated carbocycles. The van der Waals surface area contributed by atoms with E-state index in [0.717, 1.165) is 35.0 Å². The maximum absolute atomic E-state index is 12.9. The molecule has 1 unspecified atom stereocenters. The average Bonchev–Trinajstić information content (AvgIpc) is 2.53. The smallest absolute Gasteiger partial charge is 0.152 e. The molecule has 0 amide bonds. The van der Waals surface area contributed by atoms with Crippen LogP contribution in [0.3, 0.4) is 0 Å². The van der Waals surface area contributed by atoms with Gasteiger partial charge >= 0.3 is 0 Å². The third kappa shape index (κ3) is 3.06. The maximum Gasteiger partial charge on any atom is 0.152 e. The zero-order chi connectivity index (χ0) is 15.7. The lowest BCUT2D eigenvalue weighted by Crippen LogP contribution is -2.31. The first-order valence-electron chi connectivity index (χ1n) is 7.64. The number of hydrogen-bond donors (Lipinski definition) is 0. The Labute approximate surface area is 139 Å². The third-order valence-corrected chi connectivity index (χ3v) is 5.76. The Hall–Kier alpha value is -1.32. The van der Waals surface area contributed by atoms with Gasteiger partial charge in [0.25, 0.3) is 0 Å². The van der Waals surface area contributed by atoms with Crippen LogP contribution in [0.2, 0.25) is 5.02 Å². The lowest BCUT2D eigenvalue weighted by molar-refractivity contribution is 0.672. The van der Waals surface area contributed by atoms with Gasteiger partial charge in [0.05, 0.1) is 10.6 Å². The molecular formula is C18H20ClNOS. The summed E-state index contributed by atoms with van der Waals surface area (Å²) in [5.41, 5.74) is 3.50. The number of anilines is 1. The van der Waals surface area contributed by atoms with Gasteiger partial charge in [-0.25, -0.2) is 4.21 Å². The van der Waals surface area contributed by atoms with Crippen molar-refractivity contribution < 1.29 is 4.21 Å². The summed E-state index contributed by atoms with van der Waals surface area (Å²) in [5, 5.41) is 0.743. The van der Waals surface area contributed by atoms with Crippen LogP contribution in [0.15, 0.2) is 47.4 Å². The van der Waals surface area contributed by atoms with Crippen molar-refractivity contribution in [1.29, 1.82) is 0 Å². The molecule has 1 aliphatic heterocycles. The normalized spacial score (nSPS) is 15.7. The molecule has 1 heterocycles. The minimum Gasteiger partial charge on any atom is -0.287 e. The van der Waals surface area contributed by atoms with Crippen LogP contribution in [-0.4, -0.2) is 10.8 Å². The van der Waals surface area contributed by atoms with Crippen molar-refractivity contribution >= 4 is 28.3 Å². The van der Waals surface area contributed by atoms with E-state index in [0.29, 0.717) is 5.92 Å². The molecule has 2 aromatic carbocycles. The fraction of sp³-hybridized carbons (Fsp3) is 0.333. The van der Waals surface area contributed by atoms with Gasteiger partial charge in [-0.05, 0) is 60.2 Å². The summed E-state index contributed by atoms with van der Waals surface area (Å²) >= 11 is 6.07. The first-order chi connectivity index (χ1) is 10.6. The number of halogens is 1. The minimum atomic E-state index is -1.17. The number of aryl methyl sites for hydroxylation is 1. The highest BCUT2D eigenvalue weighted by atomic mass is 35.5. The number of benzene rings is 2. The van der Waals surface area contributed by atoms with Gasteiger partial charge < -0.3 is 0 Å². The second-order valence-corrected chi connectivity index (χ2v) is 7.80. The SMILES string of the molecule is CC(C)c1ccc(S(=O)N2CCCc3cc(Cl)ccc32)cc1. The van der Waals surface area contributed by atoms with Gasteiger partial charge in [0.1, 0.15) is 0 Å². The molecule has 0 bridgehead atoms. The van der Waals surface area contributed by atoms with E-state index in [4.69, 9.17) is 11.6 Å². The van der Waals surface area contributed by atoms with Crippen molar-refractivity contribution in [2.24, 2.45) is 0 Å². The van der Waals surface area contributed by atoms with Gasteiger partial charge in [-0.3, -0.25) is 4.31 Å². The molecule has 116 valence electrons. The van der Waals surface area contributed by atoms with E-state index in [2.05, 4.69) is 26.0 Å². The lowest BCUT2D eigenvalue weighted by atomic mass is 10.0. The van der Waals surface area contributed by atoms with E-state index < -0.39 is 11.0 Å². The molecule has 0 fully saturated rings. The average molecular weight is 334 g/mol. The highest BCUT2D eigenvalue weighted by Gasteiger charge is 2.22. The Morgan fingerprint density at radius 2 is 1.86 bits per heavy atom. The van der Waals surface area contributed by atoms with Crippen LogP contribution in [0.5, 0.6) is 0 Å². The van der Waals surface area contributed by atoms with Crippen LogP contribution >= 0.6 is 11.6 Å². The number of rotatable bonds is 3. The largest absolute Gasteiger partial charge is 0.287 e. The van der Waals surface area contributed by atoms with Crippen molar-refractivity contribution in [3.05, 3.63) is 58.6 Å². The van der Waals surface area contributed by atoms with E-state index in [-0.39, 0.29) is 0 Å². The van der Waals surface area contributed by atoms with Crippen molar-refractivity contribution in [2.45, 2.75) is 37.5 Å². The van der Waals surface area contributed by atoms with Crippen molar-refractivity contribution in [2.75, 3.05) is 10.8 Å². The molecule has 0 saturated heterocycles. The summed E-state index contributed by atoms with van der Waals surface area (Å²) in [4.78, 5) is 0.854. The molecule has 0 spiro atoms. The highest BCUT2D eigenvalue weighted by molar-refractivity contribution is 7.86. The third-order valence-electron chi connectivity index (χ3n) is 4.07. The summed E-state index contributed by atoms with van der Waals surface area (Å²) in [7, 11) is -1.17. The number of nitrogens with zero attached hydrogens (tertiary/aromatic N) is 1. The fourth-order valence-electron chi connectivity index (χ4n) is 2.80. The van der Waals surface area contributed by atoms with Gasteiger partial charge in [0, 0.05) is 11.6 Å². The van der Waals surface area contributed by atoms with Gasteiger partial charge in [-0.15, -0.1) is 0 Å². The summed E-state index contributed by atoms with van der Waals surface area (Å²) < 4.78 is 14.9. The van der Waals surface area contributed by atoms with E-state index in [1.807, 2.05) is 34.6 Å². The van der Waals surface area contributed by atoms with E-state index in [1.54, 1.807) is 0 Å². The first kappa shape index (κ1) is 15.6. The first-order valence-corrected chi connectivity index (χ1v) is 9.12. The molecule has 0 radical (unpaired) electrons. The Morgan fingerprint density at radius 1 is 1.14 bits per heavy atom. The zero-order valence-electron chi connectivity index (χ0n) is 12.9. The second-order valence-electron chi connectivity index (χ2n) is 5.95. The second kappa shape index (κ2) is 6.43. The number of hydrogen-bond acceptors (Lipinski definition) is 1. The topological polar surface area (TPSA) is 20.3 Å². The van der Waals surface area contributed by atoms with Crippen molar-refractivity contribution in [3.63, 3.8) is 0 Å². The molecule has 2 nitrogen and oxygen atoms in total. The lowest BCUT2D eigenvalue weighted by Gasteiger charge is -2.30. The molecule has 0 aliphatic carbocycles. The van der Waals surface area contributed by atoms with E-state index in [9.17, 15) is 4.21 Å². The monoisotopic (exact) mass is 333 g/mol. The predicted molar refractivity (Wildman–Crippen MR) is 94.1 cm³/mol. The quantitative estimate of drug-likeness (QED) is 0.779. The Kier molecular flexibility index (Phi) is 4.55. The van der Waals surface area contributed by atoms with Gasteiger partial charge in [0.15, 0.2) is 11.0 Å².